The van der Waals surface area contributed by atoms with Gasteiger partial charge < -0.3 is 30.2 Å². The van der Waals surface area contributed by atoms with E-state index < -0.39 is 11.6 Å². The minimum Gasteiger partial charge on any atom is -0.445 e. The first-order chi connectivity index (χ1) is 17.3. The number of benzene rings is 1. The Bertz CT molecular complexity index is 1170. The number of nitrogens with zero attached hydrogens (tertiary/aromatic N) is 4. The standard InChI is InChI=1S/C25H32N6O5.CH4/c1-25(2,26)23(32)27-20(17-35-15-18-6-4-3-5-7-18)22-29-28-21-14-19(8-9-31(21)22)16-36-24(33)30-10-12-34-13-11-30;/h3-9,14,20H,10-13,15-17,26H2,1-2H3,(H,27,32);1H4/t20-;/m1./s1. The van der Waals surface area contributed by atoms with Crippen molar-refractivity contribution in [2.45, 2.75) is 46.1 Å². The van der Waals surface area contributed by atoms with E-state index in [2.05, 4.69) is 15.5 Å². The molecule has 11 heteroatoms. The van der Waals surface area contributed by atoms with Crippen molar-refractivity contribution in [2.24, 2.45) is 5.73 Å². The van der Waals surface area contributed by atoms with Crippen LogP contribution in [0.15, 0.2) is 48.7 Å². The van der Waals surface area contributed by atoms with Crippen molar-refractivity contribution in [3.8, 4) is 0 Å². The summed E-state index contributed by atoms with van der Waals surface area (Å²) < 4.78 is 18.4. The van der Waals surface area contributed by atoms with Gasteiger partial charge in [-0.15, -0.1) is 10.2 Å². The average molecular weight is 513 g/mol. The smallest absolute Gasteiger partial charge is 0.410 e. The van der Waals surface area contributed by atoms with Crippen molar-refractivity contribution in [1.82, 2.24) is 24.8 Å². The molecule has 200 valence electrons. The maximum absolute atomic E-state index is 12.7. The molecule has 1 aliphatic heterocycles. The number of hydrogen-bond donors (Lipinski definition) is 2. The van der Waals surface area contributed by atoms with E-state index in [4.69, 9.17) is 19.9 Å². The topological polar surface area (TPSA) is 133 Å². The summed E-state index contributed by atoms with van der Waals surface area (Å²) in [6.45, 7) is 6.00. The van der Waals surface area contributed by atoms with E-state index in [1.807, 2.05) is 36.4 Å². The second kappa shape index (κ2) is 12.6. The molecule has 0 aliphatic carbocycles. The number of fused-ring (bicyclic) bond motifs is 1. The molecule has 3 heterocycles. The summed E-state index contributed by atoms with van der Waals surface area (Å²) in [7, 11) is 0. The van der Waals surface area contributed by atoms with Crippen LogP contribution in [0.4, 0.5) is 4.79 Å². The quantitative estimate of drug-likeness (QED) is 0.447. The zero-order valence-corrected chi connectivity index (χ0v) is 20.6. The lowest BCUT2D eigenvalue weighted by Crippen LogP contribution is -2.50. The number of morpholine rings is 1. The molecule has 0 unspecified atom stereocenters. The van der Waals surface area contributed by atoms with Crippen molar-refractivity contribution in [2.75, 3.05) is 32.9 Å². The first-order valence-corrected chi connectivity index (χ1v) is 11.9. The van der Waals surface area contributed by atoms with Gasteiger partial charge in [0.1, 0.15) is 12.6 Å². The van der Waals surface area contributed by atoms with Gasteiger partial charge in [0.05, 0.1) is 32.0 Å². The summed E-state index contributed by atoms with van der Waals surface area (Å²) in [6.07, 6.45) is 1.41. The molecule has 1 fully saturated rings. The Morgan fingerprint density at radius 2 is 1.84 bits per heavy atom. The van der Waals surface area contributed by atoms with Crippen molar-refractivity contribution in [3.63, 3.8) is 0 Å². The van der Waals surface area contributed by atoms with Gasteiger partial charge in [-0.3, -0.25) is 9.20 Å². The monoisotopic (exact) mass is 512 g/mol. The summed E-state index contributed by atoms with van der Waals surface area (Å²) in [5.74, 6) is 0.173. The Morgan fingerprint density at radius 3 is 2.54 bits per heavy atom. The van der Waals surface area contributed by atoms with Gasteiger partial charge in [0.25, 0.3) is 0 Å². The molecule has 1 atom stereocenters. The van der Waals surface area contributed by atoms with Crippen molar-refractivity contribution < 1.29 is 23.8 Å². The van der Waals surface area contributed by atoms with E-state index in [1.165, 1.54) is 0 Å². The van der Waals surface area contributed by atoms with Crippen LogP contribution >= 0.6 is 0 Å². The van der Waals surface area contributed by atoms with Gasteiger partial charge in [-0.25, -0.2) is 4.79 Å². The lowest BCUT2D eigenvalue weighted by atomic mass is 10.1. The number of nitrogens with two attached hydrogens (primary N) is 1. The molecule has 0 bridgehead atoms. The number of pyridine rings is 1. The third kappa shape index (κ3) is 7.48. The van der Waals surface area contributed by atoms with E-state index >= 15 is 0 Å². The highest BCUT2D eigenvalue weighted by atomic mass is 16.6. The SMILES string of the molecule is C.CC(C)(N)C(=O)N[C@H](COCc1ccccc1)c1nnc2cc(COC(=O)N3CCOCC3)ccn12. The summed E-state index contributed by atoms with van der Waals surface area (Å²) in [5.41, 5.74) is 7.27. The van der Waals surface area contributed by atoms with Crippen molar-refractivity contribution >= 4 is 17.6 Å². The van der Waals surface area contributed by atoms with E-state index in [1.54, 1.807) is 35.4 Å². The van der Waals surface area contributed by atoms with Gasteiger partial charge in [0, 0.05) is 19.3 Å². The molecule has 0 radical (unpaired) electrons. The number of carbonyl (C=O) groups excluding carboxylic acids is 2. The molecular weight excluding hydrogens is 476 g/mol. The fourth-order valence-corrected chi connectivity index (χ4v) is 3.66. The van der Waals surface area contributed by atoms with Gasteiger partial charge in [-0.05, 0) is 37.1 Å². The number of nitrogens with one attached hydrogen (secondary N) is 1. The highest BCUT2D eigenvalue weighted by molar-refractivity contribution is 5.85. The molecule has 0 saturated carbocycles. The van der Waals surface area contributed by atoms with Crippen LogP contribution in [0.25, 0.3) is 5.65 Å². The van der Waals surface area contributed by atoms with E-state index in [9.17, 15) is 9.59 Å². The molecule has 0 spiro atoms. The fraction of sp³-hybridized carbons (Fsp3) is 0.462. The number of amides is 2. The molecule has 1 aromatic carbocycles. The Labute approximate surface area is 216 Å². The maximum atomic E-state index is 12.7. The van der Waals surface area contributed by atoms with Gasteiger partial charge >= 0.3 is 6.09 Å². The van der Waals surface area contributed by atoms with Crippen LogP contribution in [0.5, 0.6) is 0 Å². The van der Waals surface area contributed by atoms with Gasteiger partial charge in [-0.2, -0.15) is 0 Å². The molecule has 3 aromatic rings. The Kier molecular flexibility index (Phi) is 9.56. The fourth-order valence-electron chi connectivity index (χ4n) is 3.66. The van der Waals surface area contributed by atoms with Gasteiger partial charge in [-0.1, -0.05) is 37.8 Å². The Hall–Kier alpha value is -3.54. The second-order valence-electron chi connectivity index (χ2n) is 9.22. The zero-order chi connectivity index (χ0) is 25.5. The molecular formula is C26H36N6O5. The van der Waals surface area contributed by atoms with Crippen LogP contribution in [0.2, 0.25) is 0 Å². The summed E-state index contributed by atoms with van der Waals surface area (Å²) >= 11 is 0. The first kappa shape index (κ1) is 28.0. The highest BCUT2D eigenvalue weighted by Crippen LogP contribution is 2.17. The summed E-state index contributed by atoms with van der Waals surface area (Å²) in [6, 6.07) is 12.8. The van der Waals surface area contributed by atoms with Gasteiger partial charge in [0.2, 0.25) is 5.91 Å². The number of carbonyl (C=O) groups is 2. The lowest BCUT2D eigenvalue weighted by Gasteiger charge is -2.25. The van der Waals surface area contributed by atoms with Crippen LogP contribution in [0.3, 0.4) is 0 Å². The predicted molar refractivity (Wildman–Crippen MR) is 138 cm³/mol. The average Bonchev–Trinajstić information content (AvgIpc) is 3.30. The lowest BCUT2D eigenvalue weighted by molar-refractivity contribution is -0.126. The zero-order valence-electron chi connectivity index (χ0n) is 20.6. The van der Waals surface area contributed by atoms with Crippen LogP contribution < -0.4 is 11.1 Å². The molecule has 4 rings (SSSR count). The number of rotatable bonds is 9. The number of ether oxygens (including phenoxy) is 3. The third-order valence-electron chi connectivity index (χ3n) is 5.73. The summed E-state index contributed by atoms with van der Waals surface area (Å²) in [4.78, 5) is 26.6. The van der Waals surface area contributed by atoms with Crippen molar-refractivity contribution in [3.05, 3.63) is 65.6 Å². The first-order valence-electron chi connectivity index (χ1n) is 11.9. The molecule has 37 heavy (non-hydrogen) atoms. The molecule has 1 saturated heterocycles. The maximum Gasteiger partial charge on any atom is 0.410 e. The van der Waals surface area contributed by atoms with Crippen LogP contribution in [0.1, 0.15) is 44.3 Å². The molecule has 11 nitrogen and oxygen atoms in total. The van der Waals surface area contributed by atoms with Crippen LogP contribution in [-0.2, 0) is 32.2 Å². The van der Waals surface area contributed by atoms with Crippen LogP contribution in [0, 0.1) is 0 Å². The molecule has 1 aliphatic rings. The van der Waals surface area contributed by atoms with Gasteiger partial charge in [0.15, 0.2) is 11.5 Å². The number of aromatic nitrogens is 3. The third-order valence-corrected chi connectivity index (χ3v) is 5.73. The van der Waals surface area contributed by atoms with Crippen molar-refractivity contribution in [1.29, 1.82) is 0 Å². The normalized spacial score (nSPS) is 14.6. The minimum absolute atomic E-state index is 0. The summed E-state index contributed by atoms with van der Waals surface area (Å²) in [5, 5.41) is 11.5. The predicted octanol–water partition coefficient (Wildman–Crippen LogP) is 2.45. The molecule has 2 amide bonds. The largest absolute Gasteiger partial charge is 0.445 e. The number of hydrogen-bond acceptors (Lipinski definition) is 8. The van der Waals surface area contributed by atoms with E-state index in [-0.39, 0.29) is 32.6 Å². The Morgan fingerprint density at radius 1 is 1.11 bits per heavy atom. The molecule has 2 aromatic heterocycles. The van der Waals surface area contributed by atoms with E-state index in [0.29, 0.717) is 44.4 Å². The highest BCUT2D eigenvalue weighted by Gasteiger charge is 2.28. The van der Waals surface area contributed by atoms with Crippen LogP contribution in [-0.4, -0.2) is 69.9 Å². The van der Waals surface area contributed by atoms with E-state index in [0.717, 1.165) is 11.1 Å². The minimum atomic E-state index is -1.07. The molecule has 3 N–H and O–H groups in total. The second-order valence-corrected chi connectivity index (χ2v) is 9.22. The Balaban J connectivity index is 0.00000380.